The Labute approximate surface area is 93.0 Å². The van der Waals surface area contributed by atoms with Gasteiger partial charge in [-0.3, -0.25) is 0 Å². The second-order valence-electron chi connectivity index (χ2n) is 3.89. The monoisotopic (exact) mass is 255 g/mol. The first-order valence-electron chi connectivity index (χ1n) is 4.75. The molecule has 2 nitrogen and oxygen atoms in total. The molecule has 1 heterocycles. The average Bonchev–Trinajstić information content (AvgIpc) is 2.50. The number of halogens is 1. The van der Waals surface area contributed by atoms with Crippen LogP contribution in [0.1, 0.15) is 11.1 Å². The van der Waals surface area contributed by atoms with E-state index in [0.717, 1.165) is 29.8 Å². The maximum Gasteiger partial charge on any atom is 0.127 e. The molecule has 0 bridgehead atoms. The van der Waals surface area contributed by atoms with Crippen LogP contribution in [0, 0.1) is 0 Å². The van der Waals surface area contributed by atoms with Crippen molar-refractivity contribution in [3.05, 3.63) is 27.7 Å². The van der Waals surface area contributed by atoms with Crippen molar-refractivity contribution in [2.45, 2.75) is 13.0 Å². The Hall–Kier alpha value is -0.540. The number of rotatable bonds is 2. The number of nitrogens with zero attached hydrogens (tertiary/aromatic N) is 1. The predicted octanol–water partition coefficient (Wildman–Crippen LogP) is 2.45. The van der Waals surface area contributed by atoms with Gasteiger partial charge in [-0.15, -0.1) is 0 Å². The summed E-state index contributed by atoms with van der Waals surface area (Å²) in [5.41, 5.74) is 2.60. The third-order valence-corrected chi connectivity index (χ3v) is 2.77. The number of benzene rings is 1. The third-order valence-electron chi connectivity index (χ3n) is 2.31. The maximum atomic E-state index is 5.64. The van der Waals surface area contributed by atoms with Gasteiger partial charge in [-0.2, -0.15) is 0 Å². The van der Waals surface area contributed by atoms with E-state index in [1.165, 1.54) is 11.1 Å². The van der Waals surface area contributed by atoms with Gasteiger partial charge in [0.1, 0.15) is 5.75 Å². The van der Waals surface area contributed by atoms with E-state index in [4.69, 9.17) is 4.74 Å². The molecule has 0 amide bonds. The van der Waals surface area contributed by atoms with Gasteiger partial charge in [0.25, 0.3) is 0 Å². The largest absolute Gasteiger partial charge is 0.493 e. The van der Waals surface area contributed by atoms with Gasteiger partial charge >= 0.3 is 0 Å². The average molecular weight is 256 g/mol. The molecular weight excluding hydrogens is 242 g/mol. The van der Waals surface area contributed by atoms with Crippen molar-refractivity contribution in [2.75, 3.05) is 20.7 Å². The van der Waals surface area contributed by atoms with E-state index in [2.05, 4.69) is 47.1 Å². The normalized spacial score (nSPS) is 14.3. The zero-order valence-corrected chi connectivity index (χ0v) is 10.1. The van der Waals surface area contributed by atoms with Crippen molar-refractivity contribution >= 4 is 15.9 Å². The Morgan fingerprint density at radius 3 is 2.93 bits per heavy atom. The Bertz CT molecular complexity index is 349. The van der Waals surface area contributed by atoms with E-state index in [0.29, 0.717) is 0 Å². The van der Waals surface area contributed by atoms with Crippen molar-refractivity contribution in [3.63, 3.8) is 0 Å². The molecule has 0 unspecified atom stereocenters. The van der Waals surface area contributed by atoms with Crippen molar-refractivity contribution in [2.24, 2.45) is 0 Å². The molecule has 0 atom stereocenters. The number of ether oxygens (including phenoxy) is 1. The first-order valence-corrected chi connectivity index (χ1v) is 5.55. The van der Waals surface area contributed by atoms with Crippen LogP contribution in [-0.4, -0.2) is 25.6 Å². The Balaban J connectivity index is 2.38. The van der Waals surface area contributed by atoms with Crippen molar-refractivity contribution < 1.29 is 4.74 Å². The summed E-state index contributed by atoms with van der Waals surface area (Å²) in [6.45, 7) is 1.76. The van der Waals surface area contributed by atoms with Gasteiger partial charge in [0.15, 0.2) is 0 Å². The Morgan fingerprint density at radius 2 is 2.21 bits per heavy atom. The first kappa shape index (κ1) is 9.99. The summed E-state index contributed by atoms with van der Waals surface area (Å²) in [6.07, 6.45) is 1.04. The van der Waals surface area contributed by atoms with Crippen LogP contribution >= 0.6 is 15.9 Å². The van der Waals surface area contributed by atoms with E-state index in [-0.39, 0.29) is 0 Å². The van der Waals surface area contributed by atoms with Crippen molar-refractivity contribution in [1.29, 1.82) is 0 Å². The van der Waals surface area contributed by atoms with Gasteiger partial charge in [-0.25, -0.2) is 0 Å². The zero-order valence-electron chi connectivity index (χ0n) is 8.51. The lowest BCUT2D eigenvalue weighted by molar-refractivity contribution is 0.340. The minimum Gasteiger partial charge on any atom is -0.493 e. The molecule has 76 valence electrons. The quantitative estimate of drug-likeness (QED) is 0.805. The first-order chi connectivity index (χ1) is 6.66. The summed E-state index contributed by atoms with van der Waals surface area (Å²) >= 11 is 3.53. The summed E-state index contributed by atoms with van der Waals surface area (Å²) in [7, 11) is 4.14. The van der Waals surface area contributed by atoms with E-state index in [9.17, 15) is 0 Å². The second kappa shape index (κ2) is 3.91. The molecule has 1 aliphatic rings. The lowest BCUT2D eigenvalue weighted by Gasteiger charge is -2.13. The fraction of sp³-hybridized carbons (Fsp3) is 0.455. The van der Waals surface area contributed by atoms with Crippen LogP contribution in [0.2, 0.25) is 0 Å². The molecule has 0 aliphatic carbocycles. The molecule has 0 N–H and O–H groups in total. The van der Waals surface area contributed by atoms with Gasteiger partial charge in [-0.05, 0) is 31.8 Å². The molecule has 0 fully saturated rings. The van der Waals surface area contributed by atoms with Crippen LogP contribution in [0.25, 0.3) is 0 Å². The van der Waals surface area contributed by atoms with Gasteiger partial charge in [0.2, 0.25) is 0 Å². The van der Waals surface area contributed by atoms with Gasteiger partial charge in [0.05, 0.1) is 6.61 Å². The molecule has 0 saturated carbocycles. The molecule has 2 rings (SSSR count). The van der Waals surface area contributed by atoms with E-state index in [1.54, 1.807) is 0 Å². The van der Waals surface area contributed by atoms with Crippen LogP contribution < -0.4 is 4.74 Å². The SMILES string of the molecule is CN(C)Cc1cc(Br)cc2c1OCC2. The van der Waals surface area contributed by atoms with E-state index in [1.807, 2.05) is 0 Å². The van der Waals surface area contributed by atoms with Crippen LogP contribution in [0.3, 0.4) is 0 Å². The molecule has 0 spiro atoms. The van der Waals surface area contributed by atoms with Gasteiger partial charge in [0, 0.05) is 23.0 Å². The molecule has 0 saturated heterocycles. The van der Waals surface area contributed by atoms with Crippen molar-refractivity contribution in [3.8, 4) is 5.75 Å². The van der Waals surface area contributed by atoms with Crippen LogP contribution in [0.15, 0.2) is 16.6 Å². The lowest BCUT2D eigenvalue weighted by Crippen LogP contribution is -2.11. The number of hydrogen-bond donors (Lipinski definition) is 0. The zero-order chi connectivity index (χ0) is 10.1. The van der Waals surface area contributed by atoms with E-state index < -0.39 is 0 Å². The van der Waals surface area contributed by atoms with Crippen LogP contribution in [0.4, 0.5) is 0 Å². The summed E-state index contributed by atoms with van der Waals surface area (Å²) in [6, 6.07) is 4.30. The van der Waals surface area contributed by atoms with Crippen LogP contribution in [-0.2, 0) is 13.0 Å². The maximum absolute atomic E-state index is 5.64. The standard InChI is InChI=1S/C11H14BrNO/c1-13(2)7-9-6-10(12)5-8-3-4-14-11(8)9/h5-6H,3-4,7H2,1-2H3. The highest BCUT2D eigenvalue weighted by Crippen LogP contribution is 2.33. The van der Waals surface area contributed by atoms with Gasteiger partial charge < -0.3 is 9.64 Å². The summed E-state index contributed by atoms with van der Waals surface area (Å²) in [5, 5.41) is 0. The minimum absolute atomic E-state index is 0.826. The summed E-state index contributed by atoms with van der Waals surface area (Å²) in [5.74, 6) is 1.10. The second-order valence-corrected chi connectivity index (χ2v) is 4.81. The van der Waals surface area contributed by atoms with E-state index >= 15 is 0 Å². The smallest absolute Gasteiger partial charge is 0.127 e. The molecule has 14 heavy (non-hydrogen) atoms. The molecule has 1 aromatic rings. The molecule has 1 aromatic carbocycles. The lowest BCUT2D eigenvalue weighted by atomic mass is 10.1. The van der Waals surface area contributed by atoms with Crippen LogP contribution in [0.5, 0.6) is 5.75 Å². The Kier molecular flexibility index (Phi) is 2.79. The fourth-order valence-electron chi connectivity index (χ4n) is 1.80. The summed E-state index contributed by atoms with van der Waals surface area (Å²) < 4.78 is 6.79. The minimum atomic E-state index is 0.826. The molecule has 0 aromatic heterocycles. The molecule has 3 heteroatoms. The van der Waals surface area contributed by atoms with Gasteiger partial charge in [-0.1, -0.05) is 15.9 Å². The predicted molar refractivity (Wildman–Crippen MR) is 60.7 cm³/mol. The highest BCUT2D eigenvalue weighted by atomic mass is 79.9. The Morgan fingerprint density at radius 1 is 1.43 bits per heavy atom. The number of fused-ring (bicyclic) bond motifs is 1. The highest BCUT2D eigenvalue weighted by Gasteiger charge is 2.17. The topological polar surface area (TPSA) is 12.5 Å². The number of hydrogen-bond acceptors (Lipinski definition) is 2. The highest BCUT2D eigenvalue weighted by molar-refractivity contribution is 9.10. The molecular formula is C11H14BrNO. The molecule has 1 aliphatic heterocycles. The molecule has 0 radical (unpaired) electrons. The van der Waals surface area contributed by atoms with Crippen molar-refractivity contribution in [1.82, 2.24) is 4.90 Å². The fourth-order valence-corrected chi connectivity index (χ4v) is 2.36. The summed E-state index contributed by atoms with van der Waals surface area (Å²) in [4.78, 5) is 2.16. The third kappa shape index (κ3) is 1.93.